The van der Waals surface area contributed by atoms with Crippen LogP contribution in [0.15, 0.2) is 23.3 Å². The third-order valence-corrected chi connectivity index (χ3v) is 15.7. The fraction of sp³-hybridized carbons (Fsp3) is 0.816. The van der Waals surface area contributed by atoms with E-state index in [1.165, 1.54) is 31.3 Å². The van der Waals surface area contributed by atoms with E-state index in [1.54, 1.807) is 6.08 Å². The van der Waals surface area contributed by atoms with E-state index in [4.69, 9.17) is 0 Å². The average Bonchev–Trinajstić information content (AvgIpc) is 3.45. The van der Waals surface area contributed by atoms with Gasteiger partial charge in [-0.05, 0) is 146 Å². The third kappa shape index (κ3) is 5.87. The summed E-state index contributed by atoms with van der Waals surface area (Å²) in [4.78, 5) is 36.3. The minimum atomic E-state index is -0.203. The van der Waals surface area contributed by atoms with Crippen LogP contribution in [0.25, 0.3) is 0 Å². The van der Waals surface area contributed by atoms with Gasteiger partial charge < -0.3 is 10.2 Å². The minimum Gasteiger partial charge on any atom is -0.393 e. The van der Waals surface area contributed by atoms with E-state index in [9.17, 15) is 24.6 Å². The SMILES string of the molecule is C[C@]12CCC3C(CC(=O)C4=CC(=O)CC[C@@]43C)C1CCC2O.C[C@]12CCC3C(CCC4=CC(=O)CC[C@@]43C)C1CCC2O.[Ac].[Ac]. The normalized spacial score (nSPS) is 49.5. The van der Waals surface area contributed by atoms with Crippen molar-refractivity contribution in [1.82, 2.24) is 0 Å². The maximum Gasteiger partial charge on any atom is 0.159 e. The van der Waals surface area contributed by atoms with Gasteiger partial charge in [-0.2, -0.15) is 0 Å². The van der Waals surface area contributed by atoms with Gasteiger partial charge in [-0.15, -0.1) is 0 Å². The Labute approximate surface area is 342 Å². The molecule has 6 saturated carbocycles. The van der Waals surface area contributed by atoms with Crippen molar-refractivity contribution >= 4 is 17.3 Å². The molecule has 6 fully saturated rings. The van der Waals surface area contributed by atoms with Crippen LogP contribution in [0.2, 0.25) is 0 Å². The monoisotopic (exact) mass is 1040 g/mol. The standard InChI is InChI=1S/C19H26O3.C19H28O2.2Ac/c1-18-7-5-11(20)9-15(18)16(21)10-12-13-3-4-17(22)19(13,2)8-6-14(12)18;1-18-9-7-13(20)11-12(18)3-4-14-15-5-6-17(21)19(15,2)10-8-16(14)18;;/h9,12-14,17,22H,3-8,10H2,1-2H3;11,14-17,21H,3-10H2,1-2H3;;/t12?,13?,14?,17?,18-,19+;14?,15?,16?,17?,18-,19-;;/m10../s1. The molecule has 45 heavy (non-hydrogen) atoms. The average molecular weight is 1040 g/mol. The first-order valence-corrected chi connectivity index (χ1v) is 17.7. The van der Waals surface area contributed by atoms with Crippen LogP contribution >= 0.6 is 0 Å². The summed E-state index contributed by atoms with van der Waals surface area (Å²) in [5.41, 5.74) is 2.59. The largest absolute Gasteiger partial charge is 0.393 e. The molecule has 0 aliphatic heterocycles. The predicted molar refractivity (Wildman–Crippen MR) is 166 cm³/mol. The van der Waals surface area contributed by atoms with Gasteiger partial charge in [0.25, 0.3) is 0 Å². The molecule has 2 N–H and O–H groups in total. The van der Waals surface area contributed by atoms with Crippen molar-refractivity contribution in [3.05, 3.63) is 23.3 Å². The van der Waals surface area contributed by atoms with Gasteiger partial charge in [0.2, 0.25) is 0 Å². The summed E-state index contributed by atoms with van der Waals surface area (Å²) in [5.74, 6) is 4.27. The Hall–Kier alpha value is 1.29. The Kier molecular flexibility index (Phi) is 11.2. The molecule has 8 unspecified atom stereocenters. The number of Topliss-reactive ketones (excluding diaryl/α,β-unsaturated/α-hetero) is 1. The molecular weight excluding hydrogens is 990 g/mol. The predicted octanol–water partition coefficient (Wildman–Crippen LogP) is 6.94. The second-order valence-corrected chi connectivity index (χ2v) is 17.2. The van der Waals surface area contributed by atoms with Gasteiger partial charge >= 0.3 is 0 Å². The van der Waals surface area contributed by atoms with Crippen molar-refractivity contribution in [2.75, 3.05) is 0 Å². The van der Waals surface area contributed by atoms with Crippen LogP contribution < -0.4 is 0 Å². The smallest absolute Gasteiger partial charge is 0.159 e. The summed E-state index contributed by atoms with van der Waals surface area (Å²) in [6, 6.07) is 0. The van der Waals surface area contributed by atoms with E-state index in [2.05, 4.69) is 27.7 Å². The number of hydrogen-bond donors (Lipinski definition) is 2. The first-order valence-electron chi connectivity index (χ1n) is 17.7. The quantitative estimate of drug-likeness (QED) is 0.275. The fourth-order valence-electron chi connectivity index (χ4n) is 12.9. The molecule has 7 heteroatoms. The van der Waals surface area contributed by atoms with Crippen LogP contribution in [0.4, 0.5) is 0 Å². The first-order chi connectivity index (χ1) is 20.3. The topological polar surface area (TPSA) is 91.7 Å². The third-order valence-electron chi connectivity index (χ3n) is 15.7. The molecule has 12 atom stereocenters. The summed E-state index contributed by atoms with van der Waals surface area (Å²) in [5, 5.41) is 20.9. The maximum absolute atomic E-state index is 12.7. The van der Waals surface area contributed by atoms with Crippen LogP contribution in [0.5, 0.6) is 0 Å². The summed E-state index contributed by atoms with van der Waals surface area (Å²) in [7, 11) is 0. The number of rotatable bonds is 0. The number of hydrogen-bond acceptors (Lipinski definition) is 5. The fourth-order valence-corrected chi connectivity index (χ4v) is 12.9. The van der Waals surface area contributed by atoms with Gasteiger partial charge in [0, 0.05) is 113 Å². The number of fused-ring (bicyclic) bond motifs is 10. The van der Waals surface area contributed by atoms with E-state index in [0.717, 1.165) is 75.2 Å². The van der Waals surface area contributed by atoms with Gasteiger partial charge in [0.15, 0.2) is 17.3 Å². The Morgan fingerprint density at radius 3 is 1.69 bits per heavy atom. The van der Waals surface area contributed by atoms with Crippen LogP contribution in [0, 0.1) is 145 Å². The second-order valence-electron chi connectivity index (χ2n) is 17.2. The van der Waals surface area contributed by atoms with E-state index in [1.807, 2.05) is 6.08 Å². The van der Waals surface area contributed by atoms with E-state index in [0.29, 0.717) is 42.3 Å². The van der Waals surface area contributed by atoms with Crippen molar-refractivity contribution in [2.45, 2.75) is 136 Å². The molecule has 5 nitrogen and oxygen atoms in total. The summed E-state index contributed by atoms with van der Waals surface area (Å²) in [6.45, 7) is 9.21. The molecule has 0 aromatic rings. The number of allylic oxidation sites excluding steroid dienone is 2. The number of carbonyl (C=O) groups excluding carboxylic acids is 3. The Bertz CT molecular complexity index is 1290. The number of aliphatic hydroxyl groups excluding tert-OH is 2. The molecule has 0 heterocycles. The molecule has 0 aromatic carbocycles. The molecule has 0 aromatic heterocycles. The molecule has 0 bridgehead atoms. The number of ketones is 3. The number of aliphatic hydroxyl groups is 2. The van der Waals surface area contributed by atoms with Crippen molar-refractivity contribution < 1.29 is 113 Å². The zero-order valence-corrected chi connectivity index (χ0v) is 37.6. The molecular formula is C38H54Ac2O5. The second kappa shape index (κ2) is 13.4. The Morgan fingerprint density at radius 2 is 1.09 bits per heavy atom. The molecule has 0 saturated heterocycles. The molecule has 8 aliphatic carbocycles. The number of carbonyl (C=O) groups is 3. The minimum absolute atomic E-state index is 0. The van der Waals surface area contributed by atoms with Crippen LogP contribution in [0.3, 0.4) is 0 Å². The zero-order chi connectivity index (χ0) is 30.5. The maximum atomic E-state index is 12.7. The zero-order valence-electron chi connectivity index (χ0n) is 28.2. The van der Waals surface area contributed by atoms with Crippen LogP contribution in [-0.2, 0) is 14.4 Å². The van der Waals surface area contributed by atoms with Crippen molar-refractivity contribution in [3.8, 4) is 0 Å². The van der Waals surface area contributed by atoms with Crippen molar-refractivity contribution in [2.24, 2.45) is 57.2 Å². The van der Waals surface area contributed by atoms with Gasteiger partial charge in [-0.1, -0.05) is 33.3 Å². The molecule has 8 aliphatic rings. The van der Waals surface area contributed by atoms with Gasteiger partial charge in [-0.25, -0.2) is 0 Å². The Morgan fingerprint density at radius 1 is 0.578 bits per heavy atom. The molecule has 8 rings (SSSR count). The van der Waals surface area contributed by atoms with Crippen LogP contribution in [0.1, 0.15) is 124 Å². The van der Waals surface area contributed by atoms with Gasteiger partial charge in [-0.3, -0.25) is 14.4 Å². The summed E-state index contributed by atoms with van der Waals surface area (Å²) < 4.78 is 0. The molecule has 0 amide bonds. The summed E-state index contributed by atoms with van der Waals surface area (Å²) >= 11 is 0. The molecule has 2 radical (unpaired) electrons. The van der Waals surface area contributed by atoms with Gasteiger partial charge in [0.05, 0.1) is 12.2 Å². The molecule has 242 valence electrons. The van der Waals surface area contributed by atoms with Crippen molar-refractivity contribution in [1.29, 1.82) is 0 Å². The van der Waals surface area contributed by atoms with Crippen molar-refractivity contribution in [3.63, 3.8) is 0 Å². The van der Waals surface area contributed by atoms with Gasteiger partial charge in [0.1, 0.15) is 0 Å². The Balaban J connectivity index is 0.000000170. The first kappa shape index (κ1) is 37.5. The van der Waals surface area contributed by atoms with E-state index < -0.39 is 0 Å². The molecule has 0 spiro atoms. The van der Waals surface area contributed by atoms with Crippen LogP contribution in [-0.4, -0.2) is 39.8 Å². The summed E-state index contributed by atoms with van der Waals surface area (Å²) in [6.07, 6.45) is 18.2. The van der Waals surface area contributed by atoms with E-state index in [-0.39, 0.29) is 134 Å². The van der Waals surface area contributed by atoms with E-state index >= 15 is 0 Å².